The molecular formula is C20H20N4O2. The first-order chi connectivity index (χ1) is 12.5. The summed E-state index contributed by atoms with van der Waals surface area (Å²) in [6.45, 7) is 5.87. The Morgan fingerprint density at radius 1 is 1.23 bits per heavy atom. The van der Waals surface area contributed by atoms with Crippen LogP contribution in [0.4, 0.5) is 5.69 Å². The first-order valence-corrected chi connectivity index (χ1v) is 8.60. The quantitative estimate of drug-likeness (QED) is 0.754. The van der Waals surface area contributed by atoms with E-state index in [9.17, 15) is 9.90 Å². The maximum Gasteiger partial charge on any atom is 0.294 e. The van der Waals surface area contributed by atoms with Gasteiger partial charge < -0.3 is 10.1 Å². The summed E-state index contributed by atoms with van der Waals surface area (Å²) in [4.78, 5) is 26.5. The number of imidazole rings is 1. The molecule has 0 saturated carbocycles. The van der Waals surface area contributed by atoms with Crippen LogP contribution in [0.3, 0.4) is 0 Å². The number of pyridine rings is 1. The number of hydrogen-bond acceptors (Lipinski definition) is 4. The van der Waals surface area contributed by atoms with Crippen molar-refractivity contribution in [3.05, 3.63) is 65.4 Å². The molecule has 3 heterocycles. The number of aromatic nitrogens is 3. The third kappa shape index (κ3) is 2.45. The number of amides is 1. The molecule has 1 unspecified atom stereocenters. The first-order valence-electron chi connectivity index (χ1n) is 8.60. The Kier molecular flexibility index (Phi) is 3.76. The molecule has 2 aromatic heterocycles. The Bertz CT molecular complexity index is 1030. The third-order valence-electron chi connectivity index (χ3n) is 4.74. The van der Waals surface area contributed by atoms with Crippen molar-refractivity contribution < 1.29 is 9.90 Å². The van der Waals surface area contributed by atoms with E-state index in [4.69, 9.17) is 0 Å². The van der Waals surface area contributed by atoms with Crippen LogP contribution in [-0.4, -0.2) is 26.0 Å². The number of aliphatic hydroxyl groups is 1. The van der Waals surface area contributed by atoms with Crippen molar-refractivity contribution in [2.24, 2.45) is 5.92 Å². The number of H-pyrrole nitrogens is 1. The van der Waals surface area contributed by atoms with E-state index in [0.717, 1.165) is 22.4 Å². The van der Waals surface area contributed by atoms with E-state index < -0.39 is 11.9 Å². The highest BCUT2D eigenvalue weighted by Gasteiger charge is 2.43. The third-order valence-corrected chi connectivity index (χ3v) is 4.74. The number of rotatable bonds is 3. The van der Waals surface area contributed by atoms with Crippen LogP contribution in [0.15, 0.2) is 54.1 Å². The number of aromatic amines is 1. The first kappa shape index (κ1) is 16.3. The van der Waals surface area contributed by atoms with Crippen molar-refractivity contribution in [1.82, 2.24) is 15.0 Å². The molecule has 1 atom stereocenters. The number of hydrogen-bond donors (Lipinski definition) is 2. The second-order valence-electron chi connectivity index (χ2n) is 6.84. The number of nitrogens with one attached hydrogen (secondary N) is 1. The Hall–Kier alpha value is -3.15. The van der Waals surface area contributed by atoms with Gasteiger partial charge in [0.05, 0.1) is 23.1 Å². The zero-order chi connectivity index (χ0) is 18.4. The minimum atomic E-state index is -0.428. The maximum absolute atomic E-state index is 12.9. The number of carbonyl (C=O) groups is 1. The highest BCUT2D eigenvalue weighted by molar-refractivity contribution is 6.09. The molecule has 0 radical (unpaired) electrons. The lowest BCUT2D eigenvalue weighted by Gasteiger charge is -2.28. The number of benzene rings is 1. The van der Waals surface area contributed by atoms with Crippen LogP contribution in [0, 0.1) is 12.8 Å². The monoisotopic (exact) mass is 348 g/mol. The number of anilines is 1. The Morgan fingerprint density at radius 3 is 2.77 bits per heavy atom. The van der Waals surface area contributed by atoms with E-state index >= 15 is 0 Å². The van der Waals surface area contributed by atoms with Gasteiger partial charge in [-0.25, -0.2) is 4.98 Å². The predicted octanol–water partition coefficient (Wildman–Crippen LogP) is 3.82. The fourth-order valence-electron chi connectivity index (χ4n) is 3.56. The summed E-state index contributed by atoms with van der Waals surface area (Å²) in [7, 11) is 0. The molecule has 4 rings (SSSR count). The normalized spacial score (nSPS) is 17.8. The summed E-state index contributed by atoms with van der Waals surface area (Å²) >= 11 is 0. The van der Waals surface area contributed by atoms with Crippen LogP contribution in [0.1, 0.15) is 31.3 Å². The van der Waals surface area contributed by atoms with E-state index in [-0.39, 0.29) is 11.7 Å². The summed E-state index contributed by atoms with van der Waals surface area (Å²) in [5.74, 6) is -0.578. The van der Waals surface area contributed by atoms with Gasteiger partial charge in [0.1, 0.15) is 6.04 Å². The molecule has 0 fully saturated rings. The summed E-state index contributed by atoms with van der Waals surface area (Å²) in [6, 6.07) is 10.9. The molecular weight excluding hydrogens is 328 g/mol. The molecule has 0 spiro atoms. The second kappa shape index (κ2) is 5.98. The highest BCUT2D eigenvalue weighted by atomic mass is 16.3. The van der Waals surface area contributed by atoms with Crippen LogP contribution in [0.2, 0.25) is 0 Å². The molecule has 6 nitrogen and oxygen atoms in total. The Labute approximate surface area is 151 Å². The van der Waals surface area contributed by atoms with Gasteiger partial charge in [0, 0.05) is 17.0 Å². The summed E-state index contributed by atoms with van der Waals surface area (Å²) < 4.78 is 0. The molecule has 0 saturated heterocycles. The van der Waals surface area contributed by atoms with E-state index in [1.165, 1.54) is 0 Å². The van der Waals surface area contributed by atoms with E-state index in [0.29, 0.717) is 11.3 Å². The highest BCUT2D eigenvalue weighted by Crippen LogP contribution is 2.43. The lowest BCUT2D eigenvalue weighted by atomic mass is 9.93. The van der Waals surface area contributed by atoms with Gasteiger partial charge >= 0.3 is 0 Å². The summed E-state index contributed by atoms with van der Waals surface area (Å²) in [5.41, 5.74) is 4.67. The minimum absolute atomic E-state index is 0.00662. The fraction of sp³-hybridized carbons (Fsp3) is 0.250. The van der Waals surface area contributed by atoms with Crippen LogP contribution in [0.5, 0.6) is 0 Å². The lowest BCUT2D eigenvalue weighted by molar-refractivity contribution is -0.117. The van der Waals surface area contributed by atoms with Crippen molar-refractivity contribution in [2.75, 3.05) is 4.90 Å². The molecule has 3 aromatic rings. The van der Waals surface area contributed by atoms with Gasteiger partial charge in [0.15, 0.2) is 5.76 Å². The molecule has 132 valence electrons. The average molecular weight is 348 g/mol. The molecule has 0 aliphatic carbocycles. The second-order valence-corrected chi connectivity index (χ2v) is 6.84. The van der Waals surface area contributed by atoms with Gasteiger partial charge in [-0.15, -0.1) is 0 Å². The number of nitrogens with zero attached hydrogens (tertiary/aromatic N) is 3. The SMILES string of the molecule is Cc1cccc(C2C(C(C)C)=C(O)C(=O)N2c2ccc3nc[nH]c3c2)n1. The van der Waals surface area contributed by atoms with Gasteiger partial charge in [-0.1, -0.05) is 19.9 Å². The number of aryl methyl sites for hydroxylation is 1. The molecule has 1 aliphatic rings. The smallest absolute Gasteiger partial charge is 0.294 e. The number of fused-ring (bicyclic) bond motifs is 1. The van der Waals surface area contributed by atoms with Crippen molar-refractivity contribution in [3.63, 3.8) is 0 Å². The standard InChI is InChI=1S/C20H20N4O2/c1-11(2)17-18(15-6-4-5-12(3)23-15)24(20(26)19(17)25)13-7-8-14-16(9-13)22-10-21-14/h4-11,18,25H,1-3H3,(H,21,22). The number of carbonyl (C=O) groups excluding carboxylic acids is 1. The van der Waals surface area contributed by atoms with Crippen molar-refractivity contribution in [1.29, 1.82) is 0 Å². The lowest BCUT2D eigenvalue weighted by Crippen LogP contribution is -2.31. The van der Waals surface area contributed by atoms with Crippen LogP contribution in [0.25, 0.3) is 11.0 Å². The molecule has 1 aromatic carbocycles. The van der Waals surface area contributed by atoms with Crippen molar-refractivity contribution in [2.45, 2.75) is 26.8 Å². The van der Waals surface area contributed by atoms with Crippen LogP contribution >= 0.6 is 0 Å². The average Bonchev–Trinajstić information content (AvgIpc) is 3.17. The van der Waals surface area contributed by atoms with Gasteiger partial charge in [0.25, 0.3) is 5.91 Å². The van der Waals surface area contributed by atoms with Crippen molar-refractivity contribution in [3.8, 4) is 0 Å². The Balaban J connectivity index is 1.90. The van der Waals surface area contributed by atoms with Crippen LogP contribution in [-0.2, 0) is 4.79 Å². The number of aliphatic hydroxyl groups excluding tert-OH is 1. The zero-order valence-corrected chi connectivity index (χ0v) is 14.9. The molecule has 1 aliphatic heterocycles. The van der Waals surface area contributed by atoms with E-state index in [1.807, 2.05) is 57.2 Å². The predicted molar refractivity (Wildman–Crippen MR) is 99.8 cm³/mol. The fourth-order valence-corrected chi connectivity index (χ4v) is 3.56. The van der Waals surface area contributed by atoms with Crippen LogP contribution < -0.4 is 4.90 Å². The van der Waals surface area contributed by atoms with Gasteiger partial charge in [-0.3, -0.25) is 14.7 Å². The molecule has 1 amide bonds. The molecule has 6 heteroatoms. The Morgan fingerprint density at radius 2 is 2.04 bits per heavy atom. The molecule has 2 N–H and O–H groups in total. The van der Waals surface area contributed by atoms with Gasteiger partial charge in [-0.2, -0.15) is 0 Å². The van der Waals surface area contributed by atoms with Gasteiger partial charge in [-0.05, 0) is 43.2 Å². The van der Waals surface area contributed by atoms with Gasteiger partial charge in [0.2, 0.25) is 0 Å². The van der Waals surface area contributed by atoms with Crippen molar-refractivity contribution >= 4 is 22.6 Å². The maximum atomic E-state index is 12.9. The summed E-state index contributed by atoms with van der Waals surface area (Å²) in [5, 5.41) is 10.6. The largest absolute Gasteiger partial charge is 0.503 e. The topological polar surface area (TPSA) is 82.1 Å². The van der Waals surface area contributed by atoms with E-state index in [1.54, 1.807) is 11.2 Å². The minimum Gasteiger partial charge on any atom is -0.503 e. The molecule has 26 heavy (non-hydrogen) atoms. The van der Waals surface area contributed by atoms with E-state index in [2.05, 4.69) is 15.0 Å². The zero-order valence-electron chi connectivity index (χ0n) is 14.9. The molecule has 0 bridgehead atoms. The summed E-state index contributed by atoms with van der Waals surface area (Å²) in [6.07, 6.45) is 1.62.